The minimum atomic E-state index is -3.65. The van der Waals surface area contributed by atoms with Gasteiger partial charge in [-0.1, -0.05) is 12.1 Å². The Kier molecular flexibility index (Phi) is 6.89. The maximum atomic E-state index is 12.5. The Labute approximate surface area is 172 Å². The van der Waals surface area contributed by atoms with Gasteiger partial charge in [0.2, 0.25) is 15.9 Å². The topological polar surface area (TPSA) is 87.7 Å². The predicted octanol–water partition coefficient (Wildman–Crippen LogP) is 2.45. The van der Waals surface area contributed by atoms with Crippen molar-refractivity contribution < 1.29 is 17.9 Å². The molecule has 1 saturated heterocycles. The van der Waals surface area contributed by atoms with Crippen LogP contribution in [0.25, 0.3) is 0 Å². The highest BCUT2D eigenvalue weighted by atomic mass is 32.2. The van der Waals surface area contributed by atoms with Crippen molar-refractivity contribution in [1.29, 1.82) is 0 Å². The molecule has 1 aliphatic rings. The number of ether oxygens (including phenoxy) is 1. The molecule has 2 N–H and O–H groups in total. The normalized spacial score (nSPS) is 14.6. The lowest BCUT2D eigenvalue weighted by molar-refractivity contribution is -0.116. The molecule has 3 rings (SSSR count). The Hall–Kier alpha value is -2.42. The van der Waals surface area contributed by atoms with Crippen LogP contribution in [-0.2, 0) is 19.6 Å². The number of aryl methyl sites for hydroxylation is 2. The molecule has 1 aliphatic heterocycles. The molecular weight excluding hydrogens is 390 g/mol. The van der Waals surface area contributed by atoms with Crippen LogP contribution in [0.5, 0.6) is 0 Å². The zero-order valence-corrected chi connectivity index (χ0v) is 17.6. The van der Waals surface area contributed by atoms with E-state index in [1.165, 1.54) is 0 Å². The summed E-state index contributed by atoms with van der Waals surface area (Å²) in [5.74, 6) is -0.243. The number of rotatable bonds is 7. The monoisotopic (exact) mass is 417 g/mol. The fourth-order valence-electron chi connectivity index (χ4n) is 3.17. The number of benzene rings is 2. The molecule has 1 heterocycles. The van der Waals surface area contributed by atoms with Crippen molar-refractivity contribution in [2.75, 3.05) is 43.1 Å². The van der Waals surface area contributed by atoms with E-state index in [2.05, 4.69) is 14.9 Å². The number of nitrogens with zero attached hydrogens (tertiary/aromatic N) is 1. The molecule has 1 fully saturated rings. The molecule has 7 nitrogen and oxygen atoms in total. The van der Waals surface area contributed by atoms with Crippen molar-refractivity contribution in [2.45, 2.75) is 25.2 Å². The fourth-order valence-corrected chi connectivity index (χ4v) is 4.53. The summed E-state index contributed by atoms with van der Waals surface area (Å²) in [6, 6.07) is 12.9. The molecule has 1 amide bonds. The number of sulfonamides is 1. The Balaban J connectivity index is 1.50. The number of hydrogen-bond acceptors (Lipinski definition) is 5. The standard InChI is InChI=1S/C21H27N3O4S/c1-16-3-4-17(2)20(15-16)29(26,27)22-10-9-21(25)23-18-5-7-19(8-6-18)24-11-13-28-14-12-24/h3-8,15,22H,9-14H2,1-2H3,(H,23,25). The Morgan fingerprint density at radius 1 is 1.07 bits per heavy atom. The van der Waals surface area contributed by atoms with E-state index in [4.69, 9.17) is 4.74 Å². The van der Waals surface area contributed by atoms with E-state index < -0.39 is 10.0 Å². The van der Waals surface area contributed by atoms with Gasteiger partial charge in [0, 0.05) is 37.4 Å². The summed E-state index contributed by atoms with van der Waals surface area (Å²) in [6.45, 7) is 6.77. The smallest absolute Gasteiger partial charge is 0.240 e. The summed E-state index contributed by atoms with van der Waals surface area (Å²) in [6.07, 6.45) is 0.0509. The molecule has 8 heteroatoms. The zero-order valence-electron chi connectivity index (χ0n) is 16.8. The molecule has 2 aromatic carbocycles. The average molecular weight is 418 g/mol. The van der Waals surface area contributed by atoms with Gasteiger partial charge >= 0.3 is 0 Å². The molecule has 0 aliphatic carbocycles. The summed E-state index contributed by atoms with van der Waals surface area (Å²) in [5, 5.41) is 2.80. The molecule has 0 aromatic heterocycles. The van der Waals surface area contributed by atoms with Crippen LogP contribution < -0.4 is 14.9 Å². The maximum absolute atomic E-state index is 12.5. The van der Waals surface area contributed by atoms with Gasteiger partial charge in [-0.05, 0) is 55.3 Å². The largest absolute Gasteiger partial charge is 0.378 e. The van der Waals surface area contributed by atoms with Gasteiger partial charge < -0.3 is 15.0 Å². The first-order valence-corrected chi connectivity index (χ1v) is 11.1. The predicted molar refractivity (Wildman–Crippen MR) is 114 cm³/mol. The zero-order chi connectivity index (χ0) is 20.9. The minimum Gasteiger partial charge on any atom is -0.378 e. The van der Waals surface area contributed by atoms with Gasteiger partial charge in [-0.15, -0.1) is 0 Å². The second-order valence-electron chi connectivity index (χ2n) is 7.11. The van der Waals surface area contributed by atoms with E-state index >= 15 is 0 Å². The van der Waals surface area contributed by atoms with E-state index in [-0.39, 0.29) is 23.8 Å². The first-order chi connectivity index (χ1) is 13.8. The van der Waals surface area contributed by atoms with E-state index in [0.717, 1.165) is 37.6 Å². The van der Waals surface area contributed by atoms with Crippen LogP contribution in [0.1, 0.15) is 17.5 Å². The van der Waals surface area contributed by atoms with Crippen molar-refractivity contribution >= 4 is 27.3 Å². The highest BCUT2D eigenvalue weighted by Crippen LogP contribution is 2.19. The number of carbonyl (C=O) groups excluding carboxylic acids is 1. The quantitative estimate of drug-likeness (QED) is 0.723. The van der Waals surface area contributed by atoms with Gasteiger partial charge in [0.05, 0.1) is 18.1 Å². The lowest BCUT2D eigenvalue weighted by atomic mass is 10.2. The Morgan fingerprint density at radius 3 is 2.45 bits per heavy atom. The SMILES string of the molecule is Cc1ccc(C)c(S(=O)(=O)NCCC(=O)Nc2ccc(N3CCOCC3)cc2)c1. The first-order valence-electron chi connectivity index (χ1n) is 9.65. The van der Waals surface area contributed by atoms with Gasteiger partial charge in [0.15, 0.2) is 0 Å². The third-order valence-corrected chi connectivity index (χ3v) is 6.41. The van der Waals surface area contributed by atoms with E-state index in [9.17, 15) is 13.2 Å². The van der Waals surface area contributed by atoms with Crippen molar-refractivity contribution in [3.63, 3.8) is 0 Å². The highest BCUT2D eigenvalue weighted by Gasteiger charge is 2.17. The van der Waals surface area contributed by atoms with Crippen LogP contribution in [0.15, 0.2) is 47.4 Å². The lowest BCUT2D eigenvalue weighted by Gasteiger charge is -2.28. The molecule has 0 unspecified atom stereocenters. The Morgan fingerprint density at radius 2 is 1.76 bits per heavy atom. The van der Waals surface area contributed by atoms with Crippen LogP contribution in [0, 0.1) is 13.8 Å². The summed E-state index contributed by atoms with van der Waals surface area (Å²) in [5.41, 5.74) is 3.32. The van der Waals surface area contributed by atoms with Gasteiger partial charge in [-0.3, -0.25) is 4.79 Å². The summed E-state index contributed by atoms with van der Waals surface area (Å²) >= 11 is 0. The van der Waals surface area contributed by atoms with Crippen LogP contribution in [0.4, 0.5) is 11.4 Å². The minimum absolute atomic E-state index is 0.0351. The molecule has 156 valence electrons. The fraction of sp³-hybridized carbons (Fsp3) is 0.381. The molecule has 0 saturated carbocycles. The van der Waals surface area contributed by atoms with Crippen molar-refractivity contribution in [1.82, 2.24) is 4.72 Å². The summed E-state index contributed by atoms with van der Waals surface area (Å²) in [7, 11) is -3.65. The van der Waals surface area contributed by atoms with E-state index in [1.54, 1.807) is 19.1 Å². The molecule has 2 aromatic rings. The number of nitrogens with one attached hydrogen (secondary N) is 2. The number of morpholine rings is 1. The van der Waals surface area contributed by atoms with Crippen LogP contribution in [0.2, 0.25) is 0 Å². The second kappa shape index (κ2) is 9.39. The van der Waals surface area contributed by atoms with Crippen molar-refractivity contribution in [3.8, 4) is 0 Å². The maximum Gasteiger partial charge on any atom is 0.240 e. The van der Waals surface area contributed by atoms with Gasteiger partial charge in [0.25, 0.3) is 0 Å². The molecule has 29 heavy (non-hydrogen) atoms. The van der Waals surface area contributed by atoms with Gasteiger partial charge in [0.1, 0.15) is 0 Å². The Bertz CT molecular complexity index is 952. The molecule has 0 bridgehead atoms. The number of anilines is 2. The molecule has 0 spiro atoms. The van der Waals surface area contributed by atoms with Crippen LogP contribution in [0.3, 0.4) is 0 Å². The third kappa shape index (κ3) is 5.79. The number of carbonyl (C=O) groups is 1. The summed E-state index contributed by atoms with van der Waals surface area (Å²) < 4.78 is 32.8. The van der Waals surface area contributed by atoms with Crippen LogP contribution in [-0.4, -0.2) is 47.2 Å². The molecule has 0 atom stereocenters. The lowest BCUT2D eigenvalue weighted by Crippen LogP contribution is -2.36. The van der Waals surface area contributed by atoms with Gasteiger partial charge in [-0.2, -0.15) is 0 Å². The number of amides is 1. The third-order valence-electron chi connectivity index (χ3n) is 4.80. The summed E-state index contributed by atoms with van der Waals surface area (Å²) in [4.78, 5) is 14.6. The molecule has 0 radical (unpaired) electrons. The number of hydrogen-bond donors (Lipinski definition) is 2. The molecular formula is C21H27N3O4S. The highest BCUT2D eigenvalue weighted by molar-refractivity contribution is 7.89. The van der Waals surface area contributed by atoms with Crippen molar-refractivity contribution in [2.24, 2.45) is 0 Å². The van der Waals surface area contributed by atoms with E-state index in [0.29, 0.717) is 11.3 Å². The first kappa shape index (κ1) is 21.3. The van der Waals surface area contributed by atoms with E-state index in [1.807, 2.05) is 37.3 Å². The van der Waals surface area contributed by atoms with Crippen LogP contribution >= 0.6 is 0 Å². The van der Waals surface area contributed by atoms with Gasteiger partial charge in [-0.25, -0.2) is 13.1 Å². The average Bonchev–Trinajstić information content (AvgIpc) is 2.71. The van der Waals surface area contributed by atoms with Crippen molar-refractivity contribution in [3.05, 3.63) is 53.6 Å². The second-order valence-corrected chi connectivity index (χ2v) is 8.85.